The van der Waals surface area contributed by atoms with Gasteiger partial charge in [0.05, 0.1) is 0 Å². The predicted molar refractivity (Wildman–Crippen MR) is 89.9 cm³/mol. The molecule has 21 heavy (non-hydrogen) atoms. The van der Waals surface area contributed by atoms with Gasteiger partial charge in [-0.25, -0.2) is 4.39 Å². The van der Waals surface area contributed by atoms with Crippen molar-refractivity contribution in [2.45, 2.75) is 24.3 Å². The van der Waals surface area contributed by atoms with Crippen LogP contribution in [-0.2, 0) is 6.42 Å². The molecule has 2 rings (SSSR count). The Kier molecular flexibility index (Phi) is 6.09. The minimum Gasteiger partial charge on any atom is -0.316 e. The first-order valence-electron chi connectivity index (χ1n) is 6.89. The van der Waals surface area contributed by atoms with E-state index in [2.05, 4.69) is 17.4 Å². The molecule has 2 aromatic rings. The van der Waals surface area contributed by atoms with E-state index >= 15 is 0 Å². The van der Waals surface area contributed by atoms with Gasteiger partial charge in [-0.1, -0.05) is 23.7 Å². The van der Waals surface area contributed by atoms with Crippen LogP contribution in [0.15, 0.2) is 47.4 Å². The van der Waals surface area contributed by atoms with E-state index < -0.39 is 0 Å². The lowest BCUT2D eigenvalue weighted by Gasteiger charge is -2.17. The number of hydrogen-bond donors (Lipinski definition) is 1. The summed E-state index contributed by atoms with van der Waals surface area (Å²) in [4.78, 5) is 1.08. The standard InChI is InChI=1S/C17H19ClFNS/c1-12-3-4-13(17(18)9-12)10-15(20-2)11-21-16-7-5-14(19)6-8-16/h3-9,15,20H,10-11H2,1-2H3. The number of hydrogen-bond acceptors (Lipinski definition) is 2. The van der Waals surface area contributed by atoms with Crippen LogP contribution in [0.3, 0.4) is 0 Å². The molecule has 0 saturated carbocycles. The first-order valence-corrected chi connectivity index (χ1v) is 8.25. The Balaban J connectivity index is 1.95. The summed E-state index contributed by atoms with van der Waals surface area (Å²) in [6.07, 6.45) is 0.879. The van der Waals surface area contributed by atoms with Crippen molar-refractivity contribution in [3.05, 3.63) is 64.4 Å². The van der Waals surface area contributed by atoms with Crippen molar-refractivity contribution >= 4 is 23.4 Å². The lowest BCUT2D eigenvalue weighted by Crippen LogP contribution is -2.30. The van der Waals surface area contributed by atoms with Gasteiger partial charge in [0.15, 0.2) is 0 Å². The minimum atomic E-state index is -0.198. The maximum absolute atomic E-state index is 12.9. The second-order valence-corrected chi connectivity index (χ2v) is 6.55. The molecule has 0 radical (unpaired) electrons. The first-order chi connectivity index (χ1) is 10.1. The van der Waals surface area contributed by atoms with Crippen LogP contribution in [-0.4, -0.2) is 18.8 Å². The van der Waals surface area contributed by atoms with Gasteiger partial charge in [0.1, 0.15) is 5.82 Å². The Hall–Kier alpha value is -1.03. The number of aryl methyl sites for hydroxylation is 1. The molecule has 0 aliphatic heterocycles. The molecule has 0 aromatic heterocycles. The summed E-state index contributed by atoms with van der Waals surface area (Å²) < 4.78 is 12.9. The molecule has 0 spiro atoms. The van der Waals surface area contributed by atoms with Crippen molar-refractivity contribution in [1.82, 2.24) is 5.32 Å². The van der Waals surface area contributed by atoms with Gasteiger partial charge in [-0.15, -0.1) is 11.8 Å². The summed E-state index contributed by atoms with van der Waals surface area (Å²) >= 11 is 8.01. The van der Waals surface area contributed by atoms with Crippen LogP contribution in [0.2, 0.25) is 5.02 Å². The highest BCUT2D eigenvalue weighted by Crippen LogP contribution is 2.23. The van der Waals surface area contributed by atoms with Gasteiger partial charge < -0.3 is 5.32 Å². The normalized spacial score (nSPS) is 12.4. The summed E-state index contributed by atoms with van der Waals surface area (Å²) in [5.41, 5.74) is 2.33. The third-order valence-electron chi connectivity index (χ3n) is 3.35. The van der Waals surface area contributed by atoms with Crippen LogP contribution in [0.4, 0.5) is 4.39 Å². The Morgan fingerprint density at radius 1 is 1.19 bits per heavy atom. The van der Waals surface area contributed by atoms with E-state index in [4.69, 9.17) is 11.6 Å². The van der Waals surface area contributed by atoms with Crippen LogP contribution in [0.25, 0.3) is 0 Å². The van der Waals surface area contributed by atoms with Gasteiger partial charge in [-0.2, -0.15) is 0 Å². The molecule has 4 heteroatoms. The zero-order chi connectivity index (χ0) is 15.2. The Bertz CT molecular complexity index is 586. The van der Waals surface area contributed by atoms with Crippen molar-refractivity contribution < 1.29 is 4.39 Å². The topological polar surface area (TPSA) is 12.0 Å². The van der Waals surface area contributed by atoms with Gasteiger partial charge in [-0.05, 0) is 61.9 Å². The van der Waals surface area contributed by atoms with Crippen molar-refractivity contribution in [3.8, 4) is 0 Å². The Morgan fingerprint density at radius 2 is 1.90 bits per heavy atom. The zero-order valence-corrected chi connectivity index (χ0v) is 13.8. The summed E-state index contributed by atoms with van der Waals surface area (Å²) in [5.74, 6) is 0.711. The fourth-order valence-corrected chi connectivity index (χ4v) is 3.37. The number of nitrogens with one attached hydrogen (secondary N) is 1. The van der Waals surface area contributed by atoms with E-state index in [9.17, 15) is 4.39 Å². The molecule has 0 amide bonds. The molecular formula is C17H19ClFNS. The van der Waals surface area contributed by atoms with E-state index in [1.807, 2.05) is 32.2 Å². The quantitative estimate of drug-likeness (QED) is 0.773. The molecule has 1 atom stereocenters. The third-order valence-corrected chi connectivity index (χ3v) is 4.87. The van der Waals surface area contributed by atoms with E-state index in [-0.39, 0.29) is 5.82 Å². The summed E-state index contributed by atoms with van der Waals surface area (Å²) in [5, 5.41) is 4.14. The average Bonchev–Trinajstić information content (AvgIpc) is 2.47. The van der Waals surface area contributed by atoms with Crippen LogP contribution < -0.4 is 5.32 Å². The van der Waals surface area contributed by atoms with Gasteiger partial charge in [-0.3, -0.25) is 0 Å². The highest BCUT2D eigenvalue weighted by molar-refractivity contribution is 7.99. The molecule has 0 saturated heterocycles. The molecule has 2 aromatic carbocycles. The van der Waals surface area contributed by atoms with Crippen LogP contribution >= 0.6 is 23.4 Å². The highest BCUT2D eigenvalue weighted by Gasteiger charge is 2.10. The molecule has 0 fully saturated rings. The van der Waals surface area contributed by atoms with E-state index in [1.165, 1.54) is 17.7 Å². The highest BCUT2D eigenvalue weighted by atomic mass is 35.5. The van der Waals surface area contributed by atoms with E-state index in [0.29, 0.717) is 6.04 Å². The number of likely N-dealkylation sites (N-methyl/N-ethyl adjacent to an activating group) is 1. The van der Waals surface area contributed by atoms with Crippen molar-refractivity contribution in [1.29, 1.82) is 0 Å². The summed E-state index contributed by atoms with van der Waals surface area (Å²) in [6, 6.07) is 13.1. The lowest BCUT2D eigenvalue weighted by atomic mass is 10.1. The molecule has 1 N–H and O–H groups in total. The third kappa shape index (κ3) is 5.03. The SMILES string of the molecule is CNC(CSc1ccc(F)cc1)Cc1ccc(C)cc1Cl. The second-order valence-electron chi connectivity index (χ2n) is 5.05. The molecule has 112 valence electrons. The molecule has 0 aliphatic rings. The molecule has 1 nitrogen and oxygen atoms in total. The largest absolute Gasteiger partial charge is 0.316 e. The molecular weight excluding hydrogens is 305 g/mol. The van der Waals surface area contributed by atoms with Gasteiger partial charge in [0.25, 0.3) is 0 Å². The van der Waals surface area contributed by atoms with E-state index in [0.717, 1.165) is 27.7 Å². The summed E-state index contributed by atoms with van der Waals surface area (Å²) in [7, 11) is 1.96. The fraction of sp³-hybridized carbons (Fsp3) is 0.294. The van der Waals surface area contributed by atoms with Gasteiger partial charge in [0, 0.05) is 21.7 Å². The maximum atomic E-state index is 12.9. The minimum absolute atomic E-state index is 0.198. The molecule has 0 aliphatic carbocycles. The zero-order valence-electron chi connectivity index (χ0n) is 12.2. The smallest absolute Gasteiger partial charge is 0.123 e. The average molecular weight is 324 g/mol. The van der Waals surface area contributed by atoms with Crippen molar-refractivity contribution in [3.63, 3.8) is 0 Å². The molecule has 0 bridgehead atoms. The first kappa shape index (κ1) is 16.3. The number of halogens is 2. The predicted octanol–water partition coefficient (Wildman–Crippen LogP) is 4.71. The Morgan fingerprint density at radius 3 is 2.52 bits per heavy atom. The van der Waals surface area contributed by atoms with Crippen LogP contribution in [0, 0.1) is 12.7 Å². The summed E-state index contributed by atoms with van der Waals surface area (Å²) in [6.45, 7) is 2.04. The van der Waals surface area contributed by atoms with Crippen molar-refractivity contribution in [2.24, 2.45) is 0 Å². The maximum Gasteiger partial charge on any atom is 0.123 e. The Labute approximate surface area is 134 Å². The lowest BCUT2D eigenvalue weighted by molar-refractivity contribution is 0.617. The molecule has 0 heterocycles. The number of benzene rings is 2. The van der Waals surface area contributed by atoms with Crippen LogP contribution in [0.1, 0.15) is 11.1 Å². The number of thioether (sulfide) groups is 1. The van der Waals surface area contributed by atoms with E-state index in [1.54, 1.807) is 11.8 Å². The van der Waals surface area contributed by atoms with Crippen LogP contribution in [0.5, 0.6) is 0 Å². The second kappa shape index (κ2) is 7.83. The fourth-order valence-electron chi connectivity index (χ4n) is 2.06. The van der Waals surface area contributed by atoms with Gasteiger partial charge >= 0.3 is 0 Å². The van der Waals surface area contributed by atoms with Crippen molar-refractivity contribution in [2.75, 3.05) is 12.8 Å². The van der Waals surface area contributed by atoms with Gasteiger partial charge in [0.2, 0.25) is 0 Å². The molecule has 1 unspecified atom stereocenters. The monoisotopic (exact) mass is 323 g/mol. The number of rotatable bonds is 6.